The molecule has 4 aliphatic carbocycles. The topological polar surface area (TPSA) is 46.5 Å². The second-order valence-corrected chi connectivity index (χ2v) is 16.9. The molecular weight excluding hydrogens is 388 g/mol. The molecule has 0 aromatic carbocycles. The Bertz CT molecular complexity index is 724. The van der Waals surface area contributed by atoms with E-state index in [-0.39, 0.29) is 22.3 Å². The summed E-state index contributed by atoms with van der Waals surface area (Å²) < 4.78 is 6.81. The molecule has 1 N–H and O–H groups in total. The van der Waals surface area contributed by atoms with Crippen molar-refractivity contribution in [3.05, 3.63) is 11.3 Å². The highest BCUT2D eigenvalue weighted by molar-refractivity contribution is 6.74. The highest BCUT2D eigenvalue weighted by Gasteiger charge is 2.57. The third-order valence-corrected chi connectivity index (χ3v) is 14.5. The standard InChI is InChI=1S/C26H44O3Si/c1-7-15-25(2,3)30(5,6)29-24-20-9-8-19-18(17(20)10-12-22(24)27)14-16-26(4)21(19)11-13-23(26)28/h17-19,21,23,28H,7-16H2,1-6H3/t17-,18-,19-,21+,23+,26+/m1/s1. The summed E-state index contributed by atoms with van der Waals surface area (Å²) in [4.78, 5) is 13.1. The lowest BCUT2D eigenvalue weighted by molar-refractivity contribution is -0.119. The zero-order valence-electron chi connectivity index (χ0n) is 20.2. The van der Waals surface area contributed by atoms with Gasteiger partial charge < -0.3 is 9.53 Å². The fraction of sp³-hybridized carbons (Fsp3) is 0.885. The lowest BCUT2D eigenvalue weighted by Crippen LogP contribution is -2.49. The van der Waals surface area contributed by atoms with Crippen LogP contribution in [0.25, 0.3) is 0 Å². The number of rotatable bonds is 5. The van der Waals surface area contributed by atoms with Crippen molar-refractivity contribution in [3.8, 4) is 0 Å². The number of fused-ring (bicyclic) bond motifs is 5. The molecule has 6 atom stereocenters. The van der Waals surface area contributed by atoms with Crippen LogP contribution in [0.1, 0.15) is 91.9 Å². The van der Waals surface area contributed by atoms with Gasteiger partial charge in [-0.3, -0.25) is 4.79 Å². The molecule has 4 rings (SSSR count). The van der Waals surface area contributed by atoms with Gasteiger partial charge in [0.05, 0.1) is 6.10 Å². The molecule has 3 fully saturated rings. The van der Waals surface area contributed by atoms with Crippen molar-refractivity contribution < 1.29 is 14.3 Å². The van der Waals surface area contributed by atoms with Crippen molar-refractivity contribution in [2.45, 2.75) is 116 Å². The lowest BCUT2D eigenvalue weighted by Gasteiger charge is -2.54. The molecule has 170 valence electrons. The largest absolute Gasteiger partial charge is 0.541 e. The van der Waals surface area contributed by atoms with Crippen molar-refractivity contribution >= 4 is 14.1 Å². The number of aliphatic hydroxyl groups excluding tert-OH is 1. The normalized spacial score (nSPS) is 39.4. The van der Waals surface area contributed by atoms with E-state index in [0.717, 1.165) is 50.2 Å². The fourth-order valence-corrected chi connectivity index (χ4v) is 9.54. The SMILES string of the molecule is CCCC(C)(C)[Si](C)(C)OC1=C2CC[C@@H]3[C@H](CC[C@]4(C)[C@@H](O)CC[C@@H]34)[C@H]2CCC1=O. The van der Waals surface area contributed by atoms with Crippen molar-refractivity contribution in [1.29, 1.82) is 0 Å². The van der Waals surface area contributed by atoms with E-state index >= 15 is 0 Å². The Morgan fingerprint density at radius 3 is 2.53 bits per heavy atom. The Balaban J connectivity index is 1.61. The highest BCUT2D eigenvalue weighted by atomic mass is 28.4. The van der Waals surface area contributed by atoms with Gasteiger partial charge in [0.25, 0.3) is 8.32 Å². The molecule has 3 saturated carbocycles. The Kier molecular flexibility index (Phi) is 5.84. The number of carbonyl (C=O) groups is 1. The van der Waals surface area contributed by atoms with E-state index in [9.17, 15) is 9.90 Å². The summed E-state index contributed by atoms with van der Waals surface area (Å²) in [5, 5.41) is 10.8. The van der Waals surface area contributed by atoms with E-state index < -0.39 is 8.32 Å². The fourth-order valence-electron chi connectivity index (χ4n) is 7.66. The Labute approximate surface area is 185 Å². The molecule has 0 spiro atoms. The predicted octanol–water partition coefficient (Wildman–Crippen LogP) is 6.62. The predicted molar refractivity (Wildman–Crippen MR) is 125 cm³/mol. The first kappa shape index (κ1) is 22.6. The van der Waals surface area contributed by atoms with Gasteiger partial charge in [0.1, 0.15) is 5.76 Å². The van der Waals surface area contributed by atoms with Crippen LogP contribution in [0.15, 0.2) is 11.3 Å². The minimum atomic E-state index is -2.06. The van der Waals surface area contributed by atoms with Gasteiger partial charge in [0.15, 0.2) is 5.78 Å². The number of ketones is 1. The molecule has 0 aromatic heterocycles. The number of carbonyl (C=O) groups excluding carboxylic acids is 1. The van der Waals surface area contributed by atoms with E-state index in [2.05, 4.69) is 40.8 Å². The van der Waals surface area contributed by atoms with Crippen molar-refractivity contribution in [1.82, 2.24) is 0 Å². The summed E-state index contributed by atoms with van der Waals surface area (Å²) in [6.45, 7) is 13.9. The maximum Gasteiger partial charge on any atom is 0.250 e. The molecule has 3 nitrogen and oxygen atoms in total. The first-order chi connectivity index (χ1) is 14.0. The van der Waals surface area contributed by atoms with Crippen LogP contribution in [-0.2, 0) is 9.22 Å². The van der Waals surface area contributed by atoms with E-state index in [1.165, 1.54) is 24.8 Å². The van der Waals surface area contributed by atoms with Crippen LogP contribution < -0.4 is 0 Å². The van der Waals surface area contributed by atoms with E-state index in [1.807, 2.05) is 0 Å². The van der Waals surface area contributed by atoms with E-state index in [0.29, 0.717) is 24.2 Å². The Morgan fingerprint density at radius 2 is 1.83 bits per heavy atom. The smallest absolute Gasteiger partial charge is 0.250 e. The summed E-state index contributed by atoms with van der Waals surface area (Å²) in [6, 6.07) is 0. The quantitative estimate of drug-likeness (QED) is 0.497. The van der Waals surface area contributed by atoms with Crippen molar-refractivity contribution in [3.63, 3.8) is 0 Å². The third kappa shape index (κ3) is 3.45. The zero-order chi connectivity index (χ0) is 21.9. The van der Waals surface area contributed by atoms with Gasteiger partial charge in [0.2, 0.25) is 0 Å². The van der Waals surface area contributed by atoms with Gasteiger partial charge in [-0.1, -0.05) is 34.1 Å². The number of Topliss-reactive ketones (excluding diaryl/α,β-unsaturated/α-hetero) is 1. The number of allylic oxidation sites excluding steroid dienone is 1. The van der Waals surface area contributed by atoms with Crippen LogP contribution in [0.4, 0.5) is 0 Å². The molecule has 0 radical (unpaired) electrons. The molecule has 0 unspecified atom stereocenters. The summed E-state index contributed by atoms with van der Waals surface area (Å²) in [6.07, 6.45) is 10.6. The first-order valence-electron chi connectivity index (χ1n) is 12.6. The van der Waals surface area contributed by atoms with E-state index in [1.54, 1.807) is 0 Å². The van der Waals surface area contributed by atoms with Crippen LogP contribution in [0.3, 0.4) is 0 Å². The van der Waals surface area contributed by atoms with Crippen LogP contribution in [-0.4, -0.2) is 25.3 Å². The first-order valence-corrected chi connectivity index (χ1v) is 15.6. The second-order valence-electron chi connectivity index (χ2n) is 12.3. The molecule has 0 aliphatic heterocycles. The van der Waals surface area contributed by atoms with Gasteiger partial charge in [-0.15, -0.1) is 0 Å². The van der Waals surface area contributed by atoms with Gasteiger partial charge in [-0.25, -0.2) is 0 Å². The zero-order valence-corrected chi connectivity index (χ0v) is 21.2. The van der Waals surface area contributed by atoms with Crippen LogP contribution in [0, 0.1) is 29.1 Å². The van der Waals surface area contributed by atoms with Gasteiger partial charge >= 0.3 is 0 Å². The molecule has 0 amide bonds. The van der Waals surface area contributed by atoms with Gasteiger partial charge in [-0.2, -0.15) is 0 Å². The molecule has 0 saturated heterocycles. The maximum absolute atomic E-state index is 13.1. The average Bonchev–Trinajstić information content (AvgIpc) is 2.98. The maximum atomic E-state index is 13.1. The molecule has 30 heavy (non-hydrogen) atoms. The molecule has 0 aromatic rings. The van der Waals surface area contributed by atoms with Crippen LogP contribution in [0.5, 0.6) is 0 Å². The van der Waals surface area contributed by atoms with Gasteiger partial charge in [-0.05, 0) is 104 Å². The molecular formula is C26H44O3Si. The Hall–Kier alpha value is -0.613. The monoisotopic (exact) mass is 432 g/mol. The van der Waals surface area contributed by atoms with Crippen LogP contribution >= 0.6 is 0 Å². The summed E-state index contributed by atoms with van der Waals surface area (Å²) in [7, 11) is -2.06. The van der Waals surface area contributed by atoms with Gasteiger partial charge in [0, 0.05) is 6.42 Å². The number of hydrogen-bond acceptors (Lipinski definition) is 3. The van der Waals surface area contributed by atoms with Crippen LogP contribution in [0.2, 0.25) is 18.1 Å². The summed E-state index contributed by atoms with van der Waals surface area (Å²) >= 11 is 0. The summed E-state index contributed by atoms with van der Waals surface area (Å²) in [5.41, 5.74) is 1.51. The average molecular weight is 433 g/mol. The molecule has 4 aliphatic rings. The Morgan fingerprint density at radius 1 is 1.10 bits per heavy atom. The lowest BCUT2D eigenvalue weighted by atomic mass is 9.52. The molecule has 0 heterocycles. The van der Waals surface area contributed by atoms with Crippen molar-refractivity contribution in [2.75, 3.05) is 0 Å². The molecule has 4 heteroatoms. The minimum absolute atomic E-state index is 0.111. The second kappa shape index (κ2) is 7.76. The third-order valence-electron chi connectivity index (χ3n) is 10.2. The summed E-state index contributed by atoms with van der Waals surface area (Å²) in [5.74, 6) is 3.69. The van der Waals surface area contributed by atoms with E-state index in [4.69, 9.17) is 4.43 Å². The number of aliphatic hydroxyl groups is 1. The number of hydrogen-bond donors (Lipinski definition) is 1. The highest BCUT2D eigenvalue weighted by Crippen LogP contribution is 2.62. The van der Waals surface area contributed by atoms with Crippen molar-refractivity contribution in [2.24, 2.45) is 29.1 Å². The molecule has 0 bridgehead atoms. The minimum Gasteiger partial charge on any atom is -0.541 e.